The van der Waals surface area contributed by atoms with Gasteiger partial charge in [-0.3, -0.25) is 19.9 Å². The molecule has 2 N–H and O–H groups in total. The number of nitrogens with zero attached hydrogens (tertiary/aromatic N) is 3. The maximum absolute atomic E-state index is 14.1. The van der Waals surface area contributed by atoms with Gasteiger partial charge in [-0.1, -0.05) is 65.0 Å². The Kier molecular flexibility index (Phi) is 12.1. The number of fused-ring (bicyclic) bond motifs is 1. The molecule has 0 bridgehead atoms. The number of hydrogen-bond donors (Lipinski definition) is 2. The van der Waals surface area contributed by atoms with Crippen LogP contribution in [0.4, 0.5) is 0 Å². The van der Waals surface area contributed by atoms with E-state index in [2.05, 4.69) is 5.43 Å². The number of aliphatic hydroxyl groups is 1. The first-order valence-electron chi connectivity index (χ1n) is 16.2. The standard InChI is InChI=1S/C34H50N4O7S/c1-25(2)22-37(46(42,43)27-13-14-30-31(20-27)45-18-17-44-30)23-29(39)28(19-26-11-7-6-8-12-26)38(33(41)21-34(3,4)5)35-32(40)24-36-15-9-10-16-36/h6-8,11-14,20,25,28-29,39H,9-10,15-19,21-24H2,1-5H3,(H,35,40)/t28?,29-/m1/s1. The van der Waals surface area contributed by atoms with E-state index in [-0.39, 0.29) is 55.1 Å². The zero-order chi connectivity index (χ0) is 33.5. The van der Waals surface area contributed by atoms with Gasteiger partial charge in [-0.25, -0.2) is 13.4 Å². The molecule has 0 aromatic heterocycles. The Labute approximate surface area is 273 Å². The van der Waals surface area contributed by atoms with Crippen molar-refractivity contribution in [3.05, 3.63) is 54.1 Å². The molecule has 0 aliphatic carbocycles. The van der Waals surface area contributed by atoms with Crippen LogP contribution < -0.4 is 14.9 Å². The summed E-state index contributed by atoms with van der Waals surface area (Å²) in [5.41, 5.74) is 3.26. The van der Waals surface area contributed by atoms with Crippen LogP contribution in [0.1, 0.15) is 59.4 Å². The lowest BCUT2D eigenvalue weighted by Gasteiger charge is -2.38. The number of ether oxygens (including phenoxy) is 2. The van der Waals surface area contributed by atoms with Gasteiger partial charge in [0.2, 0.25) is 15.9 Å². The van der Waals surface area contributed by atoms with E-state index in [9.17, 15) is 23.1 Å². The van der Waals surface area contributed by atoms with E-state index in [1.54, 1.807) is 6.07 Å². The van der Waals surface area contributed by atoms with E-state index in [0.717, 1.165) is 31.5 Å². The Morgan fingerprint density at radius 1 is 0.978 bits per heavy atom. The molecular weight excluding hydrogens is 608 g/mol. The summed E-state index contributed by atoms with van der Waals surface area (Å²) in [4.78, 5) is 29.3. The molecule has 254 valence electrons. The summed E-state index contributed by atoms with van der Waals surface area (Å²) in [5, 5.41) is 13.2. The third kappa shape index (κ3) is 9.90. The van der Waals surface area contributed by atoms with Crippen LogP contribution in [0.15, 0.2) is 53.4 Å². The van der Waals surface area contributed by atoms with Gasteiger partial charge in [0.1, 0.15) is 13.2 Å². The number of sulfonamides is 1. The van der Waals surface area contributed by atoms with E-state index in [4.69, 9.17) is 9.47 Å². The highest BCUT2D eigenvalue weighted by Gasteiger charge is 2.37. The van der Waals surface area contributed by atoms with Crippen molar-refractivity contribution >= 4 is 21.8 Å². The van der Waals surface area contributed by atoms with Crippen LogP contribution in [-0.2, 0) is 26.0 Å². The predicted molar refractivity (Wildman–Crippen MR) is 176 cm³/mol. The maximum Gasteiger partial charge on any atom is 0.252 e. The SMILES string of the molecule is CC(C)CN(C[C@@H](O)C(Cc1ccccc1)N(NC(=O)CN1CCCC1)C(=O)CC(C)(C)C)S(=O)(=O)c1ccc2c(c1)OCCO2. The monoisotopic (exact) mass is 658 g/mol. The molecule has 1 fully saturated rings. The van der Waals surface area contributed by atoms with Crippen LogP contribution in [-0.4, -0.2) is 97.6 Å². The predicted octanol–water partition coefficient (Wildman–Crippen LogP) is 3.47. The Morgan fingerprint density at radius 3 is 2.26 bits per heavy atom. The van der Waals surface area contributed by atoms with Crippen LogP contribution in [0, 0.1) is 11.3 Å². The second-order valence-electron chi connectivity index (χ2n) is 13.9. The zero-order valence-corrected chi connectivity index (χ0v) is 28.6. The number of carbonyl (C=O) groups excluding carboxylic acids is 2. The number of aliphatic hydroxyl groups excluding tert-OH is 1. The highest BCUT2D eigenvalue weighted by atomic mass is 32.2. The topological polar surface area (TPSA) is 129 Å². The lowest BCUT2D eigenvalue weighted by Crippen LogP contribution is -2.60. The molecule has 0 saturated carbocycles. The second kappa shape index (κ2) is 15.6. The average Bonchev–Trinajstić information content (AvgIpc) is 3.50. The van der Waals surface area contributed by atoms with Crippen LogP contribution in [0.25, 0.3) is 0 Å². The number of amides is 2. The van der Waals surface area contributed by atoms with E-state index in [0.29, 0.717) is 24.7 Å². The summed E-state index contributed by atoms with van der Waals surface area (Å²) in [6.07, 6.45) is 0.987. The molecule has 2 heterocycles. The Hall–Kier alpha value is -3.19. The highest BCUT2D eigenvalue weighted by Crippen LogP contribution is 2.33. The van der Waals surface area contributed by atoms with Crippen molar-refractivity contribution in [2.24, 2.45) is 11.3 Å². The summed E-state index contributed by atoms with van der Waals surface area (Å²) in [5.74, 6) is 0.0514. The van der Waals surface area contributed by atoms with Gasteiger partial charge in [-0.2, -0.15) is 4.31 Å². The number of hydrogen-bond acceptors (Lipinski definition) is 8. The van der Waals surface area contributed by atoms with Crippen molar-refractivity contribution in [2.45, 2.75) is 77.3 Å². The number of rotatable bonds is 13. The minimum atomic E-state index is -4.10. The van der Waals surface area contributed by atoms with E-state index >= 15 is 0 Å². The van der Waals surface area contributed by atoms with Crippen molar-refractivity contribution in [3.8, 4) is 11.5 Å². The smallest absolute Gasteiger partial charge is 0.252 e. The maximum atomic E-state index is 14.1. The lowest BCUT2D eigenvalue weighted by molar-refractivity contribution is -0.149. The molecule has 11 nitrogen and oxygen atoms in total. The quantitative estimate of drug-likeness (QED) is 0.313. The van der Waals surface area contributed by atoms with E-state index < -0.39 is 27.6 Å². The van der Waals surface area contributed by atoms with Crippen LogP contribution >= 0.6 is 0 Å². The van der Waals surface area contributed by atoms with E-state index in [1.807, 2.05) is 69.9 Å². The van der Waals surface area contributed by atoms with Gasteiger partial charge in [0, 0.05) is 25.6 Å². The summed E-state index contributed by atoms with van der Waals surface area (Å²) in [7, 11) is -4.10. The number of nitrogens with one attached hydrogen (secondary N) is 1. The second-order valence-corrected chi connectivity index (χ2v) is 15.8. The minimum Gasteiger partial charge on any atom is -0.486 e. The molecule has 2 aromatic rings. The van der Waals surface area contributed by atoms with Crippen LogP contribution in [0.5, 0.6) is 11.5 Å². The van der Waals surface area contributed by atoms with E-state index in [1.165, 1.54) is 21.4 Å². The summed E-state index contributed by atoms with van der Waals surface area (Å²) < 4.78 is 40.7. The molecule has 4 rings (SSSR count). The van der Waals surface area contributed by atoms with Crippen molar-refractivity contribution in [1.82, 2.24) is 19.6 Å². The first kappa shape index (κ1) is 35.7. The van der Waals surface area contributed by atoms with Gasteiger partial charge < -0.3 is 14.6 Å². The molecule has 0 radical (unpaired) electrons. The Bertz CT molecular complexity index is 1420. The third-order valence-corrected chi connectivity index (χ3v) is 9.76. The van der Waals surface area contributed by atoms with Crippen molar-refractivity contribution < 1.29 is 32.6 Å². The molecule has 2 amide bonds. The van der Waals surface area contributed by atoms with Crippen LogP contribution in [0.3, 0.4) is 0 Å². The summed E-state index contributed by atoms with van der Waals surface area (Å²) >= 11 is 0. The molecule has 46 heavy (non-hydrogen) atoms. The first-order valence-corrected chi connectivity index (χ1v) is 17.6. The zero-order valence-electron chi connectivity index (χ0n) is 27.8. The molecule has 2 atom stereocenters. The summed E-state index contributed by atoms with van der Waals surface area (Å²) in [6.45, 7) is 11.9. The fraction of sp³-hybridized carbons (Fsp3) is 0.588. The van der Waals surface area contributed by atoms with Gasteiger partial charge in [-0.15, -0.1) is 0 Å². The minimum absolute atomic E-state index is 0.0174. The normalized spacial score (nSPS) is 16.8. The number of carbonyl (C=O) groups is 2. The van der Waals surface area contributed by atoms with Gasteiger partial charge in [-0.05, 0) is 61.4 Å². The molecule has 2 aliphatic heterocycles. The molecule has 0 spiro atoms. The van der Waals surface area contributed by atoms with Gasteiger partial charge in [0.25, 0.3) is 5.91 Å². The lowest BCUT2D eigenvalue weighted by atomic mass is 9.91. The number of hydrazine groups is 1. The van der Waals surface area contributed by atoms with Crippen molar-refractivity contribution in [2.75, 3.05) is 45.9 Å². The largest absolute Gasteiger partial charge is 0.486 e. The molecule has 2 aliphatic rings. The summed E-state index contributed by atoms with van der Waals surface area (Å²) in [6, 6.07) is 12.9. The van der Waals surface area contributed by atoms with Gasteiger partial charge in [0.05, 0.1) is 23.6 Å². The third-order valence-electron chi connectivity index (χ3n) is 7.94. The fourth-order valence-electron chi connectivity index (χ4n) is 5.78. The molecular formula is C34H50N4O7S. The van der Waals surface area contributed by atoms with Crippen molar-refractivity contribution in [1.29, 1.82) is 0 Å². The first-order chi connectivity index (χ1) is 21.7. The molecule has 2 aromatic carbocycles. The van der Waals surface area contributed by atoms with Gasteiger partial charge in [0.15, 0.2) is 11.5 Å². The molecule has 1 unspecified atom stereocenters. The van der Waals surface area contributed by atoms with Crippen LogP contribution in [0.2, 0.25) is 0 Å². The fourth-order valence-corrected chi connectivity index (χ4v) is 7.42. The van der Waals surface area contributed by atoms with Crippen molar-refractivity contribution in [3.63, 3.8) is 0 Å². The van der Waals surface area contributed by atoms with Gasteiger partial charge >= 0.3 is 0 Å². The number of benzene rings is 2. The molecule has 12 heteroatoms. The average molecular weight is 659 g/mol. The molecule has 1 saturated heterocycles. The Morgan fingerprint density at radius 2 is 1.63 bits per heavy atom. The highest BCUT2D eigenvalue weighted by molar-refractivity contribution is 7.89. The Balaban J connectivity index is 1.68. The number of likely N-dealkylation sites (tertiary alicyclic amines) is 1.